The monoisotopic (exact) mass is 374 g/mol. The Morgan fingerprint density at radius 1 is 1.08 bits per heavy atom. The SMILES string of the molecule is O=S(=O)(c1ccc(-c2c[nH]c3cc(F)ccc23)cc1)N1CCC(O)CC1. The summed E-state index contributed by atoms with van der Waals surface area (Å²) in [4.78, 5) is 3.28. The number of rotatable bonds is 3. The van der Waals surface area contributed by atoms with Crippen LogP contribution in [0.2, 0.25) is 0 Å². The fourth-order valence-electron chi connectivity index (χ4n) is 3.38. The van der Waals surface area contributed by atoms with Crippen LogP contribution < -0.4 is 0 Å². The number of hydrogen-bond acceptors (Lipinski definition) is 3. The van der Waals surface area contributed by atoms with E-state index in [4.69, 9.17) is 0 Å². The van der Waals surface area contributed by atoms with Crippen LogP contribution in [0.3, 0.4) is 0 Å². The van der Waals surface area contributed by atoms with Crippen molar-refractivity contribution in [2.24, 2.45) is 0 Å². The number of fused-ring (bicyclic) bond motifs is 1. The summed E-state index contributed by atoms with van der Waals surface area (Å²) < 4.78 is 40.2. The Morgan fingerprint density at radius 3 is 2.46 bits per heavy atom. The minimum Gasteiger partial charge on any atom is -0.393 e. The molecule has 0 atom stereocenters. The lowest BCUT2D eigenvalue weighted by atomic mass is 10.1. The Kier molecular flexibility index (Phi) is 4.30. The number of H-pyrrole nitrogens is 1. The summed E-state index contributed by atoms with van der Waals surface area (Å²) in [5.74, 6) is -0.306. The lowest BCUT2D eigenvalue weighted by Crippen LogP contribution is -2.39. The predicted octanol–water partition coefficient (Wildman–Crippen LogP) is 3.12. The number of aromatic amines is 1. The van der Waals surface area contributed by atoms with Crippen LogP contribution in [0.4, 0.5) is 4.39 Å². The maximum atomic E-state index is 13.3. The zero-order chi connectivity index (χ0) is 18.3. The Hall–Kier alpha value is -2.22. The minimum atomic E-state index is -3.55. The molecule has 1 saturated heterocycles. The Balaban J connectivity index is 1.64. The van der Waals surface area contributed by atoms with Crippen molar-refractivity contribution >= 4 is 20.9 Å². The first kappa shape index (κ1) is 17.2. The van der Waals surface area contributed by atoms with E-state index in [-0.39, 0.29) is 10.7 Å². The number of aliphatic hydroxyl groups excluding tert-OH is 1. The number of halogens is 1. The van der Waals surface area contributed by atoms with Gasteiger partial charge in [-0.3, -0.25) is 0 Å². The summed E-state index contributed by atoms with van der Waals surface area (Å²) >= 11 is 0. The molecule has 0 spiro atoms. The summed E-state index contributed by atoms with van der Waals surface area (Å²) in [7, 11) is -3.55. The fraction of sp³-hybridized carbons (Fsp3) is 0.263. The fourth-order valence-corrected chi connectivity index (χ4v) is 4.85. The van der Waals surface area contributed by atoms with Crippen molar-refractivity contribution in [3.63, 3.8) is 0 Å². The van der Waals surface area contributed by atoms with Gasteiger partial charge in [-0.05, 0) is 48.7 Å². The Labute approximate surface area is 151 Å². The molecule has 2 N–H and O–H groups in total. The van der Waals surface area contributed by atoms with E-state index in [1.165, 1.54) is 16.4 Å². The third kappa shape index (κ3) is 3.02. The van der Waals surface area contributed by atoms with Gasteiger partial charge in [0.15, 0.2) is 0 Å². The molecule has 5 nitrogen and oxygen atoms in total. The number of sulfonamides is 1. The van der Waals surface area contributed by atoms with E-state index in [2.05, 4.69) is 4.98 Å². The molecule has 4 rings (SSSR count). The standard InChI is InChI=1S/C19H19FN2O3S/c20-14-3-6-17-18(12-21-19(17)11-14)13-1-4-16(5-2-13)26(24,25)22-9-7-15(23)8-10-22/h1-6,11-12,15,21,23H,7-10H2. The zero-order valence-corrected chi connectivity index (χ0v) is 14.8. The first-order valence-electron chi connectivity index (χ1n) is 8.50. The van der Waals surface area contributed by atoms with Gasteiger partial charge in [0.2, 0.25) is 10.0 Å². The van der Waals surface area contributed by atoms with Gasteiger partial charge >= 0.3 is 0 Å². The van der Waals surface area contributed by atoms with E-state index in [0.29, 0.717) is 31.4 Å². The van der Waals surface area contributed by atoms with Gasteiger partial charge in [0, 0.05) is 35.8 Å². The van der Waals surface area contributed by atoms with Crippen molar-refractivity contribution in [3.05, 3.63) is 54.5 Å². The summed E-state index contributed by atoms with van der Waals surface area (Å²) in [6.07, 6.45) is 2.29. The van der Waals surface area contributed by atoms with Crippen LogP contribution in [-0.4, -0.2) is 42.0 Å². The van der Waals surface area contributed by atoms with E-state index in [1.54, 1.807) is 36.5 Å². The van der Waals surface area contributed by atoms with Crippen molar-refractivity contribution < 1.29 is 17.9 Å². The summed E-state index contributed by atoms with van der Waals surface area (Å²) in [5.41, 5.74) is 2.45. The molecule has 0 bridgehead atoms. The molecule has 1 aliphatic rings. The van der Waals surface area contributed by atoms with Gasteiger partial charge < -0.3 is 10.1 Å². The largest absolute Gasteiger partial charge is 0.393 e. The number of hydrogen-bond donors (Lipinski definition) is 2. The van der Waals surface area contributed by atoms with Crippen LogP contribution >= 0.6 is 0 Å². The van der Waals surface area contributed by atoms with Crippen LogP contribution in [0.1, 0.15) is 12.8 Å². The normalized spacial score (nSPS) is 17.0. The average molecular weight is 374 g/mol. The predicted molar refractivity (Wildman–Crippen MR) is 97.7 cm³/mol. The molecule has 0 aliphatic carbocycles. The Morgan fingerprint density at radius 2 is 1.77 bits per heavy atom. The zero-order valence-electron chi connectivity index (χ0n) is 14.0. The lowest BCUT2D eigenvalue weighted by Gasteiger charge is -2.28. The molecule has 2 heterocycles. The molecule has 26 heavy (non-hydrogen) atoms. The highest BCUT2D eigenvalue weighted by molar-refractivity contribution is 7.89. The van der Waals surface area contributed by atoms with Crippen molar-refractivity contribution in [1.82, 2.24) is 9.29 Å². The molecule has 2 aromatic carbocycles. The molecule has 0 radical (unpaired) electrons. The van der Waals surface area contributed by atoms with E-state index in [9.17, 15) is 17.9 Å². The Bertz CT molecular complexity index is 1040. The molecule has 0 unspecified atom stereocenters. The topological polar surface area (TPSA) is 73.4 Å². The summed E-state index contributed by atoms with van der Waals surface area (Å²) in [6.45, 7) is 0.665. The van der Waals surface area contributed by atoms with Gasteiger partial charge in [0.05, 0.1) is 11.0 Å². The maximum absolute atomic E-state index is 13.3. The van der Waals surface area contributed by atoms with Crippen LogP contribution in [0.25, 0.3) is 22.0 Å². The molecule has 0 amide bonds. The first-order chi connectivity index (χ1) is 12.4. The second kappa shape index (κ2) is 6.50. The van der Waals surface area contributed by atoms with Crippen molar-refractivity contribution in [1.29, 1.82) is 0 Å². The van der Waals surface area contributed by atoms with E-state index >= 15 is 0 Å². The molecule has 1 aliphatic heterocycles. The van der Waals surface area contributed by atoms with Gasteiger partial charge in [-0.15, -0.1) is 0 Å². The molecule has 0 saturated carbocycles. The molecule has 1 fully saturated rings. The van der Waals surface area contributed by atoms with Crippen LogP contribution in [0.15, 0.2) is 53.6 Å². The highest BCUT2D eigenvalue weighted by Gasteiger charge is 2.28. The third-order valence-corrected chi connectivity index (χ3v) is 6.78. The van der Waals surface area contributed by atoms with Gasteiger partial charge in [-0.1, -0.05) is 12.1 Å². The number of aromatic nitrogens is 1. The van der Waals surface area contributed by atoms with Crippen LogP contribution in [-0.2, 0) is 10.0 Å². The van der Waals surface area contributed by atoms with Gasteiger partial charge in [-0.2, -0.15) is 4.31 Å². The molecule has 136 valence electrons. The number of nitrogens with zero attached hydrogens (tertiary/aromatic N) is 1. The molecular formula is C19H19FN2O3S. The molecule has 7 heteroatoms. The highest BCUT2D eigenvalue weighted by Crippen LogP contribution is 2.30. The summed E-state index contributed by atoms with van der Waals surface area (Å²) in [6, 6.07) is 11.3. The second-order valence-corrected chi connectivity index (χ2v) is 8.49. The van der Waals surface area contributed by atoms with Crippen LogP contribution in [0, 0.1) is 5.82 Å². The van der Waals surface area contributed by atoms with Crippen LogP contribution in [0.5, 0.6) is 0 Å². The summed E-state index contributed by atoms with van der Waals surface area (Å²) in [5, 5.41) is 10.4. The molecule has 3 aromatic rings. The number of nitrogens with one attached hydrogen (secondary N) is 1. The van der Waals surface area contributed by atoms with E-state index < -0.39 is 16.1 Å². The quantitative estimate of drug-likeness (QED) is 0.740. The maximum Gasteiger partial charge on any atom is 0.243 e. The number of benzene rings is 2. The van der Waals surface area contributed by atoms with Gasteiger partial charge in [0.1, 0.15) is 5.82 Å². The van der Waals surface area contributed by atoms with Crippen molar-refractivity contribution in [2.45, 2.75) is 23.8 Å². The molecule has 1 aromatic heterocycles. The van der Waals surface area contributed by atoms with E-state index in [0.717, 1.165) is 16.5 Å². The van der Waals surface area contributed by atoms with Gasteiger partial charge in [-0.25, -0.2) is 12.8 Å². The van der Waals surface area contributed by atoms with E-state index in [1.807, 2.05) is 0 Å². The highest BCUT2D eigenvalue weighted by atomic mass is 32.2. The minimum absolute atomic E-state index is 0.239. The average Bonchev–Trinajstić information content (AvgIpc) is 3.05. The lowest BCUT2D eigenvalue weighted by molar-refractivity contribution is 0.113. The number of piperidine rings is 1. The van der Waals surface area contributed by atoms with Gasteiger partial charge in [0.25, 0.3) is 0 Å². The third-order valence-electron chi connectivity index (χ3n) is 4.87. The van der Waals surface area contributed by atoms with Crippen molar-refractivity contribution in [2.75, 3.05) is 13.1 Å². The van der Waals surface area contributed by atoms with Crippen molar-refractivity contribution in [3.8, 4) is 11.1 Å². The second-order valence-electron chi connectivity index (χ2n) is 6.55. The smallest absolute Gasteiger partial charge is 0.243 e. The number of aliphatic hydroxyl groups is 1. The first-order valence-corrected chi connectivity index (χ1v) is 9.94. The molecular weight excluding hydrogens is 355 g/mol.